The van der Waals surface area contributed by atoms with Crippen LogP contribution in [0.2, 0.25) is 0 Å². The van der Waals surface area contributed by atoms with E-state index in [2.05, 4.69) is 0 Å². The molecule has 12 heteroatoms. The van der Waals surface area contributed by atoms with Gasteiger partial charge in [0.25, 0.3) is 20.2 Å². The summed E-state index contributed by atoms with van der Waals surface area (Å²) < 4.78 is 59.5. The zero-order chi connectivity index (χ0) is 13.8. The van der Waals surface area contributed by atoms with E-state index in [0.29, 0.717) is 26.2 Å². The molecule has 8 nitrogen and oxygen atoms in total. The summed E-state index contributed by atoms with van der Waals surface area (Å²) in [5, 5.41) is 0. The third-order valence-corrected chi connectivity index (χ3v) is 4.19. The van der Waals surface area contributed by atoms with Gasteiger partial charge in [0.1, 0.15) is 0 Å². The predicted octanol–water partition coefficient (Wildman–Crippen LogP) is -7.39. The Morgan fingerprint density at radius 2 is 1.00 bits per heavy atom. The number of nitrogens with zero attached hydrogens (tertiary/aromatic N) is 2. The molecule has 0 unspecified atom stereocenters. The van der Waals surface area contributed by atoms with Gasteiger partial charge in [-0.05, 0) is 0 Å². The molecule has 1 aliphatic rings. The number of hydrogen-bond acceptors (Lipinski definition) is 6. The SMILES string of the molecule is O=S(=O)(O)CCN1CCN(CCS(=O)(=O)O)CC1.[H-].[H-].[Na+].[Na+]. The molecular weight excluding hydrogens is 330 g/mol. The second-order valence-corrected chi connectivity index (χ2v) is 7.40. The van der Waals surface area contributed by atoms with E-state index in [9.17, 15) is 16.8 Å². The molecule has 1 rings (SSSR count). The Hall–Kier alpha value is 1.74. The van der Waals surface area contributed by atoms with Crippen LogP contribution in [0.15, 0.2) is 0 Å². The maximum absolute atomic E-state index is 10.6. The van der Waals surface area contributed by atoms with Crippen molar-refractivity contribution in [2.24, 2.45) is 0 Å². The summed E-state index contributed by atoms with van der Waals surface area (Å²) in [4.78, 5) is 3.77. The van der Waals surface area contributed by atoms with Gasteiger partial charge in [0.05, 0.1) is 11.5 Å². The second kappa shape index (κ2) is 10.5. The molecule has 112 valence electrons. The molecule has 1 fully saturated rings. The molecule has 0 spiro atoms. The Morgan fingerprint density at radius 3 is 1.20 bits per heavy atom. The van der Waals surface area contributed by atoms with Crippen LogP contribution in [-0.4, -0.2) is 86.5 Å². The van der Waals surface area contributed by atoms with Crippen LogP contribution in [0, 0.1) is 0 Å². The van der Waals surface area contributed by atoms with E-state index in [4.69, 9.17) is 9.11 Å². The first-order valence-electron chi connectivity index (χ1n) is 5.51. The van der Waals surface area contributed by atoms with Gasteiger partial charge in [0.2, 0.25) is 0 Å². The smallest absolute Gasteiger partial charge is 1.00 e. The van der Waals surface area contributed by atoms with Crippen molar-refractivity contribution in [2.45, 2.75) is 0 Å². The monoisotopic (exact) mass is 350 g/mol. The molecule has 0 aromatic heterocycles. The molecule has 0 bridgehead atoms. The van der Waals surface area contributed by atoms with E-state index in [1.165, 1.54) is 0 Å². The summed E-state index contributed by atoms with van der Waals surface area (Å²) in [5.74, 6) is -0.587. The van der Waals surface area contributed by atoms with E-state index in [1.54, 1.807) is 0 Å². The fourth-order valence-corrected chi connectivity index (χ4v) is 2.70. The van der Waals surface area contributed by atoms with Crippen LogP contribution in [0.3, 0.4) is 0 Å². The summed E-state index contributed by atoms with van der Waals surface area (Å²) in [7, 11) is -7.87. The molecule has 0 atom stereocenters. The first kappa shape index (κ1) is 24.0. The van der Waals surface area contributed by atoms with Crippen LogP contribution in [0.25, 0.3) is 0 Å². The van der Waals surface area contributed by atoms with Crippen LogP contribution in [0.5, 0.6) is 0 Å². The minimum atomic E-state index is -3.93. The van der Waals surface area contributed by atoms with Crippen LogP contribution in [-0.2, 0) is 20.2 Å². The van der Waals surface area contributed by atoms with Crippen LogP contribution >= 0.6 is 0 Å². The Labute approximate surface area is 167 Å². The predicted molar refractivity (Wildman–Crippen MR) is 67.9 cm³/mol. The van der Waals surface area contributed by atoms with E-state index in [-0.39, 0.29) is 86.6 Å². The molecular formula is C8H20N2Na2O6S2. The van der Waals surface area contributed by atoms with Crippen LogP contribution in [0.4, 0.5) is 0 Å². The number of hydrogen-bond donors (Lipinski definition) is 2. The largest absolute Gasteiger partial charge is 1.00 e. The summed E-state index contributed by atoms with van der Waals surface area (Å²) in [6.07, 6.45) is 0. The fraction of sp³-hybridized carbons (Fsp3) is 1.00. The molecule has 0 aromatic carbocycles. The first-order chi connectivity index (χ1) is 8.16. The van der Waals surface area contributed by atoms with Crippen molar-refractivity contribution >= 4 is 20.2 Å². The summed E-state index contributed by atoms with van der Waals surface area (Å²) >= 11 is 0. The van der Waals surface area contributed by atoms with Gasteiger partial charge in [0.15, 0.2) is 0 Å². The standard InChI is InChI=1S/C8H18N2O6S2.2Na.2H/c11-17(12,13)7-5-9-1-2-10(4-3-9)6-8-18(14,15)16;;;;/h1-8H2,(H,11,12,13)(H,14,15,16);;;;/q;2*+1;2*-1. The summed E-state index contributed by atoms with van der Waals surface area (Å²) in [6.45, 7) is 2.99. The van der Waals surface area contributed by atoms with Gasteiger partial charge in [-0.15, -0.1) is 0 Å². The third kappa shape index (κ3) is 12.3. The van der Waals surface area contributed by atoms with Crippen molar-refractivity contribution in [1.82, 2.24) is 9.80 Å². The molecule has 0 aromatic rings. The fourth-order valence-electron chi connectivity index (χ4n) is 1.73. The van der Waals surface area contributed by atoms with Crippen molar-refractivity contribution in [3.05, 3.63) is 0 Å². The van der Waals surface area contributed by atoms with E-state index < -0.39 is 20.2 Å². The molecule has 2 N–H and O–H groups in total. The minimum absolute atomic E-state index is 0. The van der Waals surface area contributed by atoms with E-state index in [0.717, 1.165) is 0 Å². The van der Waals surface area contributed by atoms with Crippen molar-refractivity contribution in [1.29, 1.82) is 0 Å². The van der Waals surface area contributed by atoms with Crippen molar-refractivity contribution < 1.29 is 87.9 Å². The van der Waals surface area contributed by atoms with Crippen molar-refractivity contribution in [3.63, 3.8) is 0 Å². The van der Waals surface area contributed by atoms with Crippen LogP contribution in [0.1, 0.15) is 2.85 Å². The molecule has 0 aliphatic carbocycles. The molecule has 0 radical (unpaired) electrons. The minimum Gasteiger partial charge on any atom is -1.00 e. The van der Waals surface area contributed by atoms with Crippen molar-refractivity contribution in [3.8, 4) is 0 Å². The Kier molecular flexibility index (Phi) is 12.6. The van der Waals surface area contributed by atoms with E-state index in [1.807, 2.05) is 9.80 Å². The Morgan fingerprint density at radius 1 is 0.750 bits per heavy atom. The van der Waals surface area contributed by atoms with E-state index >= 15 is 0 Å². The Balaban J connectivity index is -0.000000405. The zero-order valence-electron chi connectivity index (χ0n) is 13.9. The van der Waals surface area contributed by atoms with Crippen molar-refractivity contribution in [2.75, 3.05) is 50.8 Å². The summed E-state index contributed by atoms with van der Waals surface area (Å²) in [6, 6.07) is 0. The zero-order valence-corrected chi connectivity index (χ0v) is 17.5. The molecule has 0 amide bonds. The van der Waals surface area contributed by atoms with Gasteiger partial charge in [-0.1, -0.05) is 0 Å². The number of piperazine rings is 1. The third-order valence-electron chi connectivity index (χ3n) is 2.80. The quantitative estimate of drug-likeness (QED) is 0.359. The van der Waals surface area contributed by atoms with Gasteiger partial charge in [-0.2, -0.15) is 16.8 Å². The average molecular weight is 350 g/mol. The van der Waals surface area contributed by atoms with Crippen LogP contribution < -0.4 is 59.1 Å². The normalized spacial score (nSPS) is 18.1. The van der Waals surface area contributed by atoms with Gasteiger partial charge in [-0.3, -0.25) is 18.9 Å². The maximum Gasteiger partial charge on any atom is 1.00 e. The molecule has 1 heterocycles. The first-order valence-corrected chi connectivity index (χ1v) is 8.72. The molecule has 1 aliphatic heterocycles. The Bertz CT molecular complexity index is 427. The molecule has 1 saturated heterocycles. The maximum atomic E-state index is 10.6. The van der Waals surface area contributed by atoms with Gasteiger partial charge < -0.3 is 2.85 Å². The van der Waals surface area contributed by atoms with Gasteiger partial charge >= 0.3 is 59.1 Å². The topological polar surface area (TPSA) is 115 Å². The second-order valence-electron chi connectivity index (χ2n) is 4.26. The molecule has 20 heavy (non-hydrogen) atoms. The number of rotatable bonds is 6. The molecule has 0 saturated carbocycles. The van der Waals surface area contributed by atoms with Gasteiger partial charge in [0, 0.05) is 39.3 Å². The summed E-state index contributed by atoms with van der Waals surface area (Å²) in [5.41, 5.74) is 0. The average Bonchev–Trinajstić information content (AvgIpc) is 2.23. The van der Waals surface area contributed by atoms with Gasteiger partial charge in [-0.25, -0.2) is 0 Å².